The number of aliphatic hydroxyl groups is 1. The van der Waals surface area contributed by atoms with E-state index in [1.807, 2.05) is 0 Å². The van der Waals surface area contributed by atoms with E-state index in [2.05, 4.69) is 0 Å². The zero-order chi connectivity index (χ0) is 9.14. The molecule has 0 spiro atoms. The van der Waals surface area contributed by atoms with Gasteiger partial charge in [-0.3, -0.25) is 0 Å². The van der Waals surface area contributed by atoms with E-state index in [4.69, 9.17) is 10.8 Å². The van der Waals surface area contributed by atoms with Crippen LogP contribution in [0.1, 0.15) is 11.6 Å². The number of halogens is 2. The Bertz CT molecular complexity index is 283. The van der Waals surface area contributed by atoms with Crippen molar-refractivity contribution < 1.29 is 14.6 Å². The van der Waals surface area contributed by atoms with E-state index < -0.39 is 11.9 Å². The van der Waals surface area contributed by atoms with Crippen LogP contribution in [0.25, 0.3) is 0 Å². The van der Waals surface area contributed by atoms with Gasteiger partial charge in [0, 0.05) is 5.56 Å². The lowest BCUT2D eigenvalue weighted by Crippen LogP contribution is -2.14. The van der Waals surface area contributed by atoms with Gasteiger partial charge in [-0.1, -0.05) is 0 Å². The summed E-state index contributed by atoms with van der Waals surface area (Å²) >= 11 is 0. The van der Waals surface area contributed by atoms with Crippen molar-refractivity contribution in [2.75, 3.05) is 6.61 Å². The molecular weight excluding hydrogens is 197 g/mol. The van der Waals surface area contributed by atoms with E-state index in [9.17, 15) is 9.50 Å². The van der Waals surface area contributed by atoms with Crippen LogP contribution in [0, 0.1) is 5.82 Å². The van der Waals surface area contributed by atoms with Crippen LogP contribution in [0.5, 0.6) is 5.75 Å². The van der Waals surface area contributed by atoms with Crippen LogP contribution in [-0.2, 0) is 0 Å². The maximum absolute atomic E-state index is 12.6. The van der Waals surface area contributed by atoms with Crippen molar-refractivity contribution in [1.82, 2.24) is 0 Å². The van der Waals surface area contributed by atoms with Crippen molar-refractivity contribution >= 4 is 12.4 Å². The number of hydrogen-bond acceptors (Lipinski definition) is 3. The molecule has 0 saturated carbocycles. The summed E-state index contributed by atoms with van der Waals surface area (Å²) in [6, 6.07) is 2.71. The lowest BCUT2D eigenvalue weighted by Gasteiger charge is -2.09. The molecule has 1 atom stereocenters. The summed E-state index contributed by atoms with van der Waals surface area (Å²) in [5.74, 6) is -0.579. The lowest BCUT2D eigenvalue weighted by atomic mass is 10.1. The van der Waals surface area contributed by atoms with E-state index in [1.165, 1.54) is 6.07 Å². The topological polar surface area (TPSA) is 66.5 Å². The van der Waals surface area contributed by atoms with E-state index in [0.29, 0.717) is 0 Å². The molecule has 1 rings (SSSR count). The first kappa shape index (κ1) is 12.2. The monoisotopic (exact) mass is 207 g/mol. The number of nitrogens with two attached hydrogens (primary N) is 1. The largest absolute Gasteiger partial charge is 0.508 e. The van der Waals surface area contributed by atoms with Crippen molar-refractivity contribution in [3.8, 4) is 5.75 Å². The normalized spacial score (nSPS) is 11.9. The number of aliphatic hydroxyl groups excluding tert-OH is 1. The molecule has 1 aromatic rings. The third-order valence-electron chi connectivity index (χ3n) is 1.59. The molecule has 0 heterocycles. The van der Waals surface area contributed by atoms with E-state index in [-0.39, 0.29) is 30.3 Å². The molecule has 5 heteroatoms. The molecule has 0 amide bonds. The molecule has 1 aromatic carbocycles. The molecule has 0 saturated heterocycles. The third-order valence-corrected chi connectivity index (χ3v) is 1.59. The van der Waals surface area contributed by atoms with Crippen molar-refractivity contribution in [2.45, 2.75) is 6.04 Å². The van der Waals surface area contributed by atoms with E-state index >= 15 is 0 Å². The summed E-state index contributed by atoms with van der Waals surface area (Å²) in [6.07, 6.45) is 0. The molecule has 0 aliphatic carbocycles. The Morgan fingerprint density at radius 2 is 2.08 bits per heavy atom. The highest BCUT2D eigenvalue weighted by Crippen LogP contribution is 2.22. The van der Waals surface area contributed by atoms with Gasteiger partial charge >= 0.3 is 0 Å². The van der Waals surface area contributed by atoms with Crippen molar-refractivity contribution in [3.05, 3.63) is 29.6 Å². The number of rotatable bonds is 2. The summed E-state index contributed by atoms with van der Waals surface area (Å²) < 4.78 is 12.6. The fraction of sp³-hybridized carbons (Fsp3) is 0.250. The Hall–Kier alpha value is -0.840. The SMILES string of the molecule is Cl.NC(CO)c1cc(F)ccc1O. The highest BCUT2D eigenvalue weighted by Gasteiger charge is 2.10. The minimum absolute atomic E-state index is 0. The highest BCUT2D eigenvalue weighted by molar-refractivity contribution is 5.85. The first-order chi connectivity index (χ1) is 5.65. The van der Waals surface area contributed by atoms with E-state index in [0.717, 1.165) is 12.1 Å². The van der Waals surface area contributed by atoms with Gasteiger partial charge in [-0.05, 0) is 18.2 Å². The Kier molecular flexibility index (Phi) is 4.69. The zero-order valence-electron chi connectivity index (χ0n) is 6.77. The van der Waals surface area contributed by atoms with Gasteiger partial charge in [0.15, 0.2) is 0 Å². The Labute approximate surface area is 81.4 Å². The smallest absolute Gasteiger partial charge is 0.123 e. The zero-order valence-corrected chi connectivity index (χ0v) is 7.59. The first-order valence-electron chi connectivity index (χ1n) is 3.50. The average molecular weight is 208 g/mol. The maximum Gasteiger partial charge on any atom is 0.123 e. The summed E-state index contributed by atoms with van der Waals surface area (Å²) in [5, 5.41) is 17.8. The Balaban J connectivity index is 0.00000144. The van der Waals surface area contributed by atoms with Crippen LogP contribution in [-0.4, -0.2) is 16.8 Å². The van der Waals surface area contributed by atoms with Gasteiger partial charge in [0.2, 0.25) is 0 Å². The number of benzene rings is 1. The fourth-order valence-electron chi connectivity index (χ4n) is 0.921. The Morgan fingerprint density at radius 1 is 1.46 bits per heavy atom. The quantitative estimate of drug-likeness (QED) is 0.677. The standard InChI is InChI=1S/C8H10FNO2.ClH/c9-5-1-2-8(12)6(3-5)7(10)4-11;/h1-3,7,11-12H,4,10H2;1H. The van der Waals surface area contributed by atoms with Crippen molar-refractivity contribution in [2.24, 2.45) is 5.73 Å². The molecule has 13 heavy (non-hydrogen) atoms. The van der Waals surface area contributed by atoms with Gasteiger partial charge in [-0.2, -0.15) is 0 Å². The molecule has 0 aromatic heterocycles. The van der Waals surface area contributed by atoms with Crippen molar-refractivity contribution in [3.63, 3.8) is 0 Å². The molecule has 4 N–H and O–H groups in total. The second kappa shape index (κ2) is 5.01. The fourth-order valence-corrected chi connectivity index (χ4v) is 0.921. The van der Waals surface area contributed by atoms with Gasteiger partial charge in [0.05, 0.1) is 12.6 Å². The average Bonchev–Trinajstić information content (AvgIpc) is 2.08. The molecule has 0 bridgehead atoms. The number of phenols is 1. The third kappa shape index (κ3) is 2.84. The van der Waals surface area contributed by atoms with Gasteiger partial charge < -0.3 is 15.9 Å². The van der Waals surface area contributed by atoms with Crippen LogP contribution < -0.4 is 5.73 Å². The molecule has 1 unspecified atom stereocenters. The van der Waals surface area contributed by atoms with Crippen LogP contribution in [0.4, 0.5) is 4.39 Å². The van der Waals surface area contributed by atoms with Crippen LogP contribution in [0.2, 0.25) is 0 Å². The predicted octanol–water partition coefficient (Wildman–Crippen LogP) is 0.945. The Morgan fingerprint density at radius 3 is 2.62 bits per heavy atom. The predicted molar refractivity (Wildman–Crippen MR) is 49.3 cm³/mol. The summed E-state index contributed by atoms with van der Waals surface area (Å²) in [4.78, 5) is 0. The second-order valence-corrected chi connectivity index (χ2v) is 2.49. The molecule has 0 aliphatic rings. The van der Waals surface area contributed by atoms with Crippen LogP contribution >= 0.6 is 12.4 Å². The van der Waals surface area contributed by atoms with Gasteiger partial charge in [-0.15, -0.1) is 12.4 Å². The summed E-state index contributed by atoms with van der Waals surface area (Å²) in [7, 11) is 0. The highest BCUT2D eigenvalue weighted by atomic mass is 35.5. The molecule has 0 fully saturated rings. The molecular formula is C8H11ClFNO2. The molecule has 3 nitrogen and oxygen atoms in total. The van der Waals surface area contributed by atoms with Crippen LogP contribution in [0.3, 0.4) is 0 Å². The van der Waals surface area contributed by atoms with E-state index in [1.54, 1.807) is 0 Å². The van der Waals surface area contributed by atoms with Gasteiger partial charge in [-0.25, -0.2) is 4.39 Å². The van der Waals surface area contributed by atoms with Crippen molar-refractivity contribution in [1.29, 1.82) is 0 Å². The maximum atomic E-state index is 12.6. The van der Waals surface area contributed by atoms with Gasteiger partial charge in [0.25, 0.3) is 0 Å². The van der Waals surface area contributed by atoms with Crippen LogP contribution in [0.15, 0.2) is 18.2 Å². The minimum Gasteiger partial charge on any atom is -0.508 e. The molecule has 0 aliphatic heterocycles. The summed E-state index contributed by atoms with van der Waals surface area (Å²) in [5.41, 5.74) is 5.61. The number of phenolic OH excluding ortho intramolecular Hbond substituents is 1. The number of hydrogen-bond donors (Lipinski definition) is 3. The second-order valence-electron chi connectivity index (χ2n) is 2.49. The minimum atomic E-state index is -0.735. The summed E-state index contributed by atoms with van der Waals surface area (Å²) in [6.45, 7) is -0.322. The first-order valence-corrected chi connectivity index (χ1v) is 3.50. The van der Waals surface area contributed by atoms with Gasteiger partial charge in [0.1, 0.15) is 11.6 Å². The number of aromatic hydroxyl groups is 1. The molecule has 0 radical (unpaired) electrons. The molecule has 74 valence electrons. The lowest BCUT2D eigenvalue weighted by molar-refractivity contribution is 0.265.